The third kappa shape index (κ3) is 4.56. The topological polar surface area (TPSA) is 65.0 Å². The smallest absolute Gasteiger partial charge is 0.381 e. The summed E-state index contributed by atoms with van der Waals surface area (Å²) in [4.78, 5) is 24.0. The van der Waals surface area contributed by atoms with E-state index in [-0.39, 0.29) is 12.5 Å². The minimum atomic E-state index is -0.983. The van der Waals surface area contributed by atoms with Crippen molar-refractivity contribution in [2.24, 2.45) is 4.99 Å². The van der Waals surface area contributed by atoms with Crippen molar-refractivity contribution in [3.05, 3.63) is 0 Å². The molecular formula is C7H11NO4. The fourth-order valence-corrected chi connectivity index (χ4v) is 0.489. The molecular weight excluding hydrogens is 162 g/mol. The number of aliphatic imine (C=N–C) groups is 1. The van der Waals surface area contributed by atoms with Crippen molar-refractivity contribution in [1.82, 2.24) is 0 Å². The van der Waals surface area contributed by atoms with Gasteiger partial charge in [-0.25, -0.2) is 4.79 Å². The van der Waals surface area contributed by atoms with E-state index in [9.17, 15) is 9.59 Å². The van der Waals surface area contributed by atoms with Gasteiger partial charge in [-0.3, -0.25) is 4.79 Å². The second-order valence-electron chi connectivity index (χ2n) is 2.15. The van der Waals surface area contributed by atoms with Crippen LogP contribution in [0.15, 0.2) is 4.99 Å². The molecule has 0 aromatic rings. The first-order valence-corrected chi connectivity index (χ1v) is 3.34. The zero-order valence-electron chi connectivity index (χ0n) is 7.07. The molecule has 0 rings (SSSR count). The molecule has 0 spiro atoms. The van der Waals surface area contributed by atoms with Crippen LogP contribution in [-0.4, -0.2) is 32.0 Å². The number of hydrogen-bond acceptors (Lipinski definition) is 4. The summed E-state index contributed by atoms with van der Waals surface area (Å²) in [6.07, 6.45) is -1.23. The van der Waals surface area contributed by atoms with Gasteiger partial charge in [0.2, 0.25) is 0 Å². The molecule has 0 aliphatic rings. The molecule has 5 heteroatoms. The van der Waals surface area contributed by atoms with Crippen molar-refractivity contribution in [3.8, 4) is 0 Å². The maximum absolute atomic E-state index is 10.8. The van der Waals surface area contributed by atoms with E-state index in [4.69, 9.17) is 4.74 Å². The molecule has 0 aromatic heterocycles. The lowest BCUT2D eigenvalue weighted by Crippen LogP contribution is -2.16. The van der Waals surface area contributed by atoms with Crippen molar-refractivity contribution in [2.75, 3.05) is 7.11 Å². The second-order valence-corrected chi connectivity index (χ2v) is 2.15. The van der Waals surface area contributed by atoms with E-state index in [0.29, 0.717) is 0 Å². The van der Waals surface area contributed by atoms with Gasteiger partial charge in [0, 0.05) is 7.11 Å². The summed E-state index contributed by atoms with van der Waals surface area (Å²) in [5, 5.41) is 0. The number of esters is 1. The number of nitrogens with zero attached hydrogens (tertiary/aromatic N) is 1. The molecule has 0 bridgehead atoms. The Labute approximate surface area is 70.4 Å². The van der Waals surface area contributed by atoms with Gasteiger partial charge < -0.3 is 9.47 Å². The average Bonchev–Trinajstić information content (AvgIpc) is 2.03. The van der Waals surface area contributed by atoms with Crippen LogP contribution in [0.3, 0.4) is 0 Å². The molecule has 0 radical (unpaired) electrons. The van der Waals surface area contributed by atoms with E-state index in [0.717, 1.165) is 0 Å². The molecule has 68 valence electrons. The molecule has 0 saturated heterocycles. The predicted octanol–water partition coefficient (Wildman–Crippen LogP) is 0.775. The Balaban J connectivity index is 3.74. The van der Waals surface area contributed by atoms with E-state index in [2.05, 4.69) is 16.4 Å². The van der Waals surface area contributed by atoms with Crippen LogP contribution in [-0.2, 0) is 14.3 Å². The number of carbonyl (C=O) groups is 2. The number of hydrogen-bond donors (Lipinski definition) is 0. The monoisotopic (exact) mass is 173 g/mol. The first-order chi connectivity index (χ1) is 5.60. The lowest BCUT2D eigenvalue weighted by Gasteiger charge is -2.06. The number of methoxy groups -OCH3 is 1. The highest BCUT2D eigenvalue weighted by molar-refractivity contribution is 5.86. The van der Waals surface area contributed by atoms with Gasteiger partial charge in [0.25, 0.3) is 0 Å². The fourth-order valence-electron chi connectivity index (χ4n) is 0.489. The molecule has 0 unspecified atom stereocenters. The Hall–Kier alpha value is -1.23. The Kier molecular flexibility index (Phi) is 4.87. The van der Waals surface area contributed by atoms with Crippen LogP contribution in [0.25, 0.3) is 0 Å². The van der Waals surface area contributed by atoms with Crippen LogP contribution in [0.1, 0.15) is 13.3 Å². The molecule has 0 aliphatic heterocycles. The van der Waals surface area contributed by atoms with E-state index in [1.807, 2.05) is 0 Å². The maximum atomic E-state index is 10.8. The fraction of sp³-hybridized carbons (Fsp3) is 0.571. The molecule has 12 heavy (non-hydrogen) atoms. The molecule has 0 aromatic carbocycles. The van der Waals surface area contributed by atoms with Crippen LogP contribution in [0.2, 0.25) is 0 Å². The van der Waals surface area contributed by atoms with E-state index < -0.39 is 12.1 Å². The first-order valence-electron chi connectivity index (χ1n) is 3.34. The normalized spacial score (nSPS) is 11.8. The first kappa shape index (κ1) is 10.8. The summed E-state index contributed by atoms with van der Waals surface area (Å²) in [5.41, 5.74) is 0. The minimum absolute atomic E-state index is 0.0256. The third-order valence-electron chi connectivity index (χ3n) is 1.19. The lowest BCUT2D eigenvalue weighted by atomic mass is 10.3. The summed E-state index contributed by atoms with van der Waals surface area (Å²) in [6.45, 7) is 4.59. The molecule has 1 amide bonds. The van der Waals surface area contributed by atoms with Crippen LogP contribution >= 0.6 is 0 Å². The van der Waals surface area contributed by atoms with Crippen LogP contribution in [0.5, 0.6) is 0 Å². The average molecular weight is 173 g/mol. The van der Waals surface area contributed by atoms with Crippen molar-refractivity contribution in [2.45, 2.75) is 19.4 Å². The molecule has 1 atom stereocenters. The lowest BCUT2D eigenvalue weighted by molar-refractivity contribution is -0.139. The number of ether oxygens (including phenoxy) is 2. The van der Waals surface area contributed by atoms with Crippen LogP contribution in [0, 0.1) is 0 Å². The summed E-state index contributed by atoms with van der Waals surface area (Å²) in [5.74, 6) is -0.665. The molecule has 0 heterocycles. The Morgan fingerprint density at radius 3 is 2.58 bits per heavy atom. The van der Waals surface area contributed by atoms with Gasteiger partial charge in [0.1, 0.15) is 0 Å². The molecule has 0 saturated carbocycles. The van der Waals surface area contributed by atoms with Crippen molar-refractivity contribution in [1.29, 1.82) is 0 Å². The van der Waals surface area contributed by atoms with Gasteiger partial charge >= 0.3 is 12.1 Å². The predicted molar refractivity (Wildman–Crippen MR) is 42.1 cm³/mol. The van der Waals surface area contributed by atoms with Crippen molar-refractivity contribution < 1.29 is 19.1 Å². The van der Waals surface area contributed by atoms with Gasteiger partial charge in [0.15, 0.2) is 0 Å². The third-order valence-corrected chi connectivity index (χ3v) is 1.19. The van der Waals surface area contributed by atoms with Crippen LogP contribution in [0.4, 0.5) is 4.79 Å². The summed E-state index contributed by atoms with van der Waals surface area (Å²) in [7, 11) is 1.46. The Bertz CT molecular complexity index is 190. The zero-order chi connectivity index (χ0) is 9.56. The van der Waals surface area contributed by atoms with Crippen molar-refractivity contribution >= 4 is 18.8 Å². The highest BCUT2D eigenvalue weighted by Crippen LogP contribution is 1.98. The number of carbonyl (C=O) groups excluding carboxylic acids is 2. The SMILES string of the molecule is C=NC(=O)OC(=O)C[C@@H](C)OC. The van der Waals surface area contributed by atoms with E-state index in [1.165, 1.54) is 7.11 Å². The number of amides is 1. The summed E-state index contributed by atoms with van der Waals surface area (Å²) >= 11 is 0. The molecule has 0 fully saturated rings. The van der Waals surface area contributed by atoms with Gasteiger partial charge in [-0.15, -0.1) is 0 Å². The zero-order valence-corrected chi connectivity index (χ0v) is 7.07. The molecule has 5 nitrogen and oxygen atoms in total. The quantitative estimate of drug-likeness (QED) is 0.359. The largest absolute Gasteiger partial charge is 0.440 e. The summed E-state index contributed by atoms with van der Waals surface area (Å²) < 4.78 is 8.96. The summed E-state index contributed by atoms with van der Waals surface area (Å²) in [6, 6.07) is 0. The van der Waals surface area contributed by atoms with Crippen LogP contribution < -0.4 is 0 Å². The standard InChI is InChI=1S/C7H11NO4/c1-5(11-3)4-6(9)12-7(10)8-2/h5H,2,4H2,1,3H3/t5-/m1/s1. The van der Waals surface area contributed by atoms with Crippen molar-refractivity contribution in [3.63, 3.8) is 0 Å². The molecule has 0 aliphatic carbocycles. The molecule has 0 N–H and O–H groups in total. The van der Waals surface area contributed by atoms with Gasteiger partial charge in [-0.1, -0.05) is 0 Å². The van der Waals surface area contributed by atoms with Gasteiger partial charge in [-0.05, 0) is 13.6 Å². The van der Waals surface area contributed by atoms with E-state index in [1.54, 1.807) is 6.92 Å². The number of rotatable bonds is 3. The van der Waals surface area contributed by atoms with Gasteiger partial charge in [0.05, 0.1) is 12.5 Å². The minimum Gasteiger partial charge on any atom is -0.381 e. The highest BCUT2D eigenvalue weighted by atomic mass is 16.6. The van der Waals surface area contributed by atoms with Gasteiger partial charge in [-0.2, -0.15) is 4.99 Å². The Morgan fingerprint density at radius 1 is 1.58 bits per heavy atom. The van der Waals surface area contributed by atoms with E-state index >= 15 is 0 Å². The maximum Gasteiger partial charge on any atom is 0.440 e. The second kappa shape index (κ2) is 5.42. The Morgan fingerprint density at radius 2 is 2.17 bits per heavy atom. The highest BCUT2D eigenvalue weighted by Gasteiger charge is 2.12.